The van der Waals surface area contributed by atoms with Gasteiger partial charge in [-0.15, -0.1) is 0 Å². The fourth-order valence-electron chi connectivity index (χ4n) is 2.24. The van der Waals surface area contributed by atoms with E-state index in [9.17, 15) is 4.79 Å². The number of hydrogen-bond donors (Lipinski definition) is 2. The van der Waals surface area contributed by atoms with Gasteiger partial charge in [0.1, 0.15) is 5.60 Å². The van der Waals surface area contributed by atoms with Crippen molar-refractivity contribution in [3.05, 3.63) is 0 Å². The van der Waals surface area contributed by atoms with Crippen LogP contribution in [0.3, 0.4) is 0 Å². The van der Waals surface area contributed by atoms with E-state index in [-0.39, 0.29) is 11.7 Å². The third kappa shape index (κ3) is 2.23. The molecule has 0 aliphatic carbocycles. The number of carbonyl (C=O) groups is 1. The first-order valence-corrected chi connectivity index (χ1v) is 5.64. The van der Waals surface area contributed by atoms with Crippen molar-refractivity contribution in [2.75, 3.05) is 32.7 Å². The first kappa shape index (κ1) is 10.7. The maximum absolute atomic E-state index is 11.7. The Kier molecular flexibility index (Phi) is 3.11. The molecule has 0 aromatic carbocycles. The molecule has 2 aliphatic rings. The number of nitrogens with zero attached hydrogens (tertiary/aromatic N) is 1. The highest BCUT2D eigenvalue weighted by Gasteiger charge is 2.42. The topological polar surface area (TPSA) is 67.6 Å². The molecule has 1 amide bonds. The van der Waals surface area contributed by atoms with E-state index in [1.165, 1.54) is 0 Å². The van der Waals surface area contributed by atoms with Crippen molar-refractivity contribution < 1.29 is 9.53 Å². The molecule has 1 unspecified atom stereocenters. The molecular weight excluding hydrogens is 194 g/mol. The molecule has 3 N–H and O–H groups in total. The number of carbonyl (C=O) groups excluding carboxylic acids is 1. The van der Waals surface area contributed by atoms with Gasteiger partial charge in [-0.2, -0.15) is 0 Å². The molecule has 5 nitrogen and oxygen atoms in total. The Labute approximate surface area is 89.9 Å². The van der Waals surface area contributed by atoms with Crippen molar-refractivity contribution in [3.8, 4) is 0 Å². The summed E-state index contributed by atoms with van der Waals surface area (Å²) in [7, 11) is 0. The van der Waals surface area contributed by atoms with Crippen LogP contribution in [0.1, 0.15) is 19.3 Å². The predicted octanol–water partition coefficient (Wildman–Crippen LogP) is -0.0904. The lowest BCUT2D eigenvalue weighted by Gasteiger charge is -2.38. The molecule has 0 aromatic heterocycles. The van der Waals surface area contributed by atoms with Crippen LogP contribution in [0.5, 0.6) is 0 Å². The van der Waals surface area contributed by atoms with Gasteiger partial charge in [0.15, 0.2) is 0 Å². The molecule has 2 heterocycles. The number of hydrogen-bond acceptors (Lipinski definition) is 4. The summed E-state index contributed by atoms with van der Waals surface area (Å²) >= 11 is 0. The highest BCUT2D eigenvalue weighted by atomic mass is 16.6. The summed E-state index contributed by atoms with van der Waals surface area (Å²) in [6, 6.07) is 0. The fraction of sp³-hybridized carbons (Fsp3) is 0.900. The summed E-state index contributed by atoms with van der Waals surface area (Å²) in [6.07, 6.45) is 2.57. The van der Waals surface area contributed by atoms with Gasteiger partial charge in [-0.05, 0) is 19.5 Å². The van der Waals surface area contributed by atoms with Crippen LogP contribution in [0.4, 0.5) is 4.79 Å². The summed E-state index contributed by atoms with van der Waals surface area (Å²) in [4.78, 5) is 13.5. The van der Waals surface area contributed by atoms with Crippen LogP contribution in [-0.2, 0) is 4.74 Å². The van der Waals surface area contributed by atoms with Crippen LogP contribution in [0.25, 0.3) is 0 Å². The molecule has 1 spiro atoms. The van der Waals surface area contributed by atoms with E-state index in [2.05, 4.69) is 5.32 Å². The Hall–Kier alpha value is -0.810. The lowest BCUT2D eigenvalue weighted by Crippen LogP contribution is -2.51. The molecule has 0 aromatic rings. The molecule has 2 rings (SSSR count). The first-order chi connectivity index (χ1) is 7.26. The molecule has 2 fully saturated rings. The minimum absolute atomic E-state index is 0.168. The van der Waals surface area contributed by atoms with Crippen LogP contribution < -0.4 is 11.1 Å². The van der Waals surface area contributed by atoms with Gasteiger partial charge < -0.3 is 20.7 Å². The van der Waals surface area contributed by atoms with E-state index in [1.807, 2.05) is 0 Å². The van der Waals surface area contributed by atoms with Gasteiger partial charge in [-0.3, -0.25) is 0 Å². The maximum atomic E-state index is 11.7. The Balaban J connectivity index is 1.88. The zero-order valence-electron chi connectivity index (χ0n) is 9.00. The molecule has 1 atom stereocenters. The summed E-state index contributed by atoms with van der Waals surface area (Å²) in [5, 5.41) is 3.25. The Morgan fingerprint density at radius 1 is 1.53 bits per heavy atom. The SMILES string of the molecule is NCCCN1CCC2(CCNC2)OC1=O. The highest BCUT2D eigenvalue weighted by Crippen LogP contribution is 2.29. The van der Waals surface area contributed by atoms with Crippen molar-refractivity contribution in [1.29, 1.82) is 0 Å². The quantitative estimate of drug-likeness (QED) is 0.687. The van der Waals surface area contributed by atoms with Gasteiger partial charge in [0.2, 0.25) is 0 Å². The van der Waals surface area contributed by atoms with Crippen LogP contribution >= 0.6 is 0 Å². The lowest BCUT2D eigenvalue weighted by atomic mass is 9.97. The predicted molar refractivity (Wildman–Crippen MR) is 56.6 cm³/mol. The van der Waals surface area contributed by atoms with Crippen LogP contribution in [0.2, 0.25) is 0 Å². The van der Waals surface area contributed by atoms with E-state index >= 15 is 0 Å². The molecule has 0 saturated carbocycles. The summed E-state index contributed by atoms with van der Waals surface area (Å²) in [6.45, 7) is 3.91. The largest absolute Gasteiger partial charge is 0.441 e. The van der Waals surface area contributed by atoms with Gasteiger partial charge in [0.05, 0.1) is 0 Å². The van der Waals surface area contributed by atoms with E-state index in [0.29, 0.717) is 6.54 Å². The average Bonchev–Trinajstić information content (AvgIpc) is 2.66. The monoisotopic (exact) mass is 213 g/mol. The van der Waals surface area contributed by atoms with Crippen molar-refractivity contribution in [1.82, 2.24) is 10.2 Å². The van der Waals surface area contributed by atoms with Gasteiger partial charge in [-0.1, -0.05) is 0 Å². The average molecular weight is 213 g/mol. The Morgan fingerprint density at radius 3 is 3.00 bits per heavy atom. The van der Waals surface area contributed by atoms with E-state index in [0.717, 1.165) is 45.4 Å². The molecule has 15 heavy (non-hydrogen) atoms. The van der Waals surface area contributed by atoms with Crippen molar-refractivity contribution in [2.45, 2.75) is 24.9 Å². The second-order valence-corrected chi connectivity index (χ2v) is 4.36. The summed E-state index contributed by atoms with van der Waals surface area (Å²) in [5.74, 6) is 0. The number of amides is 1. The molecule has 0 bridgehead atoms. The third-order valence-electron chi connectivity index (χ3n) is 3.24. The van der Waals surface area contributed by atoms with E-state index in [1.54, 1.807) is 4.90 Å². The summed E-state index contributed by atoms with van der Waals surface area (Å²) in [5.41, 5.74) is 5.21. The minimum Gasteiger partial charge on any atom is -0.441 e. The van der Waals surface area contributed by atoms with Crippen LogP contribution in [0.15, 0.2) is 0 Å². The number of rotatable bonds is 3. The highest BCUT2D eigenvalue weighted by molar-refractivity contribution is 5.69. The number of ether oxygens (including phenoxy) is 1. The first-order valence-electron chi connectivity index (χ1n) is 5.64. The Bertz CT molecular complexity index is 239. The smallest absolute Gasteiger partial charge is 0.410 e. The molecule has 86 valence electrons. The minimum atomic E-state index is -0.212. The number of nitrogens with one attached hydrogen (secondary N) is 1. The second-order valence-electron chi connectivity index (χ2n) is 4.36. The standard InChI is InChI=1S/C10H19N3O2/c11-4-1-6-13-7-3-10(15-9(13)14)2-5-12-8-10/h12H,1-8,11H2. The van der Waals surface area contributed by atoms with Crippen molar-refractivity contribution in [2.24, 2.45) is 5.73 Å². The van der Waals surface area contributed by atoms with Gasteiger partial charge in [-0.25, -0.2) is 4.79 Å². The van der Waals surface area contributed by atoms with E-state index in [4.69, 9.17) is 10.5 Å². The molecule has 5 heteroatoms. The van der Waals surface area contributed by atoms with Crippen molar-refractivity contribution in [3.63, 3.8) is 0 Å². The molecule has 2 saturated heterocycles. The zero-order valence-corrected chi connectivity index (χ0v) is 9.00. The Morgan fingerprint density at radius 2 is 2.40 bits per heavy atom. The van der Waals surface area contributed by atoms with Gasteiger partial charge in [0.25, 0.3) is 0 Å². The molecule has 2 aliphatic heterocycles. The van der Waals surface area contributed by atoms with Crippen LogP contribution in [-0.4, -0.2) is 49.3 Å². The molecular formula is C10H19N3O2. The van der Waals surface area contributed by atoms with Crippen LogP contribution in [0, 0.1) is 0 Å². The third-order valence-corrected chi connectivity index (χ3v) is 3.24. The van der Waals surface area contributed by atoms with E-state index < -0.39 is 0 Å². The lowest BCUT2D eigenvalue weighted by molar-refractivity contribution is -0.0358. The van der Waals surface area contributed by atoms with Gasteiger partial charge >= 0.3 is 6.09 Å². The molecule has 0 radical (unpaired) electrons. The second kappa shape index (κ2) is 4.37. The van der Waals surface area contributed by atoms with Crippen molar-refractivity contribution >= 4 is 6.09 Å². The van der Waals surface area contributed by atoms with Gasteiger partial charge in [0, 0.05) is 32.5 Å². The maximum Gasteiger partial charge on any atom is 0.410 e. The fourth-order valence-corrected chi connectivity index (χ4v) is 2.24. The zero-order chi connectivity index (χ0) is 10.7. The number of nitrogens with two attached hydrogens (primary N) is 1. The summed E-state index contributed by atoms with van der Waals surface area (Å²) < 4.78 is 5.53. The normalized spacial score (nSPS) is 31.0.